The highest BCUT2D eigenvalue weighted by Crippen LogP contribution is 2.21. The summed E-state index contributed by atoms with van der Waals surface area (Å²) in [5.74, 6) is 0.830. The van der Waals surface area contributed by atoms with Gasteiger partial charge in [0.15, 0.2) is 0 Å². The molecule has 92 valence electrons. The Kier molecular flexibility index (Phi) is 3.89. The topological polar surface area (TPSA) is 51.2 Å². The van der Waals surface area contributed by atoms with Gasteiger partial charge in [-0.1, -0.05) is 6.92 Å². The van der Waals surface area contributed by atoms with Gasteiger partial charge in [-0.15, -0.1) is 11.8 Å². The summed E-state index contributed by atoms with van der Waals surface area (Å²) in [6.07, 6.45) is 2.47. The van der Waals surface area contributed by atoms with E-state index >= 15 is 0 Å². The second kappa shape index (κ2) is 5.40. The van der Waals surface area contributed by atoms with E-state index in [1.54, 1.807) is 18.0 Å². The summed E-state index contributed by atoms with van der Waals surface area (Å²) >= 11 is 1.70. The number of nitrogens with zero attached hydrogens (tertiary/aromatic N) is 1. The zero-order valence-electron chi connectivity index (χ0n) is 9.97. The summed E-state index contributed by atoms with van der Waals surface area (Å²) in [5, 5.41) is 4.14. The summed E-state index contributed by atoms with van der Waals surface area (Å²) in [6, 6.07) is 3.66. The molecule has 0 amide bonds. The fourth-order valence-electron chi connectivity index (χ4n) is 1.77. The van der Waals surface area contributed by atoms with Crippen LogP contribution in [0.1, 0.15) is 20.3 Å². The molecule has 1 N–H and O–H groups in total. The first-order valence-corrected chi connectivity index (χ1v) is 6.73. The van der Waals surface area contributed by atoms with E-state index in [1.807, 2.05) is 19.1 Å². The van der Waals surface area contributed by atoms with Crippen LogP contribution in [0.2, 0.25) is 0 Å². The molecule has 0 unspecified atom stereocenters. The van der Waals surface area contributed by atoms with Gasteiger partial charge < -0.3 is 10.1 Å². The van der Waals surface area contributed by atoms with Gasteiger partial charge in [0.05, 0.1) is 16.9 Å². The molecule has 0 spiro atoms. The van der Waals surface area contributed by atoms with Gasteiger partial charge in [-0.25, -0.2) is 9.78 Å². The van der Waals surface area contributed by atoms with Gasteiger partial charge in [0, 0.05) is 6.42 Å². The highest BCUT2D eigenvalue weighted by molar-refractivity contribution is 7.99. The molecule has 4 nitrogen and oxygen atoms in total. The fraction of sp³-hybridized carbons (Fsp3) is 0.500. The van der Waals surface area contributed by atoms with Crippen LogP contribution >= 0.6 is 11.8 Å². The smallest absolute Gasteiger partial charge is 0.328 e. The van der Waals surface area contributed by atoms with E-state index in [4.69, 9.17) is 4.74 Å². The molecular formula is C12H16N2O2S. The molecule has 0 saturated carbocycles. The summed E-state index contributed by atoms with van der Waals surface area (Å²) in [5.41, 5.74) is 0.863. The third kappa shape index (κ3) is 3.12. The maximum atomic E-state index is 11.4. The van der Waals surface area contributed by atoms with Crippen molar-refractivity contribution in [1.29, 1.82) is 0 Å². The molecule has 2 atom stereocenters. The number of ether oxygens (including phenoxy) is 1. The highest BCUT2D eigenvalue weighted by Gasteiger charge is 2.31. The lowest BCUT2D eigenvalue weighted by Crippen LogP contribution is -2.24. The first-order valence-electron chi connectivity index (χ1n) is 5.75. The zero-order chi connectivity index (χ0) is 12.3. The first kappa shape index (κ1) is 12.2. The number of carbonyl (C=O) groups excluding carboxylic acids is 1. The SMILES string of the molecule is CCSc1ccc(N[C@H]2C[C@@H](C)OC2=O)cn1. The number of pyridine rings is 1. The molecule has 1 aromatic heterocycles. The van der Waals surface area contributed by atoms with Gasteiger partial charge in [0.2, 0.25) is 0 Å². The van der Waals surface area contributed by atoms with Crippen LogP contribution in [0.5, 0.6) is 0 Å². The Morgan fingerprint density at radius 3 is 2.94 bits per heavy atom. The molecule has 1 aliphatic rings. The van der Waals surface area contributed by atoms with Crippen LogP contribution in [-0.2, 0) is 9.53 Å². The molecule has 1 aromatic rings. The van der Waals surface area contributed by atoms with Crippen LogP contribution in [0.25, 0.3) is 0 Å². The van der Waals surface area contributed by atoms with Gasteiger partial charge in [-0.2, -0.15) is 0 Å². The van der Waals surface area contributed by atoms with E-state index in [-0.39, 0.29) is 18.1 Å². The summed E-state index contributed by atoms with van der Waals surface area (Å²) in [4.78, 5) is 15.8. The number of nitrogens with one attached hydrogen (secondary N) is 1. The van der Waals surface area contributed by atoms with Crippen molar-refractivity contribution in [2.45, 2.75) is 37.4 Å². The van der Waals surface area contributed by atoms with Crippen molar-refractivity contribution in [3.63, 3.8) is 0 Å². The van der Waals surface area contributed by atoms with E-state index in [9.17, 15) is 4.79 Å². The molecule has 2 rings (SSSR count). The molecule has 1 saturated heterocycles. The van der Waals surface area contributed by atoms with Gasteiger partial charge >= 0.3 is 5.97 Å². The molecule has 5 heteroatoms. The van der Waals surface area contributed by atoms with E-state index in [0.717, 1.165) is 16.5 Å². The third-order valence-electron chi connectivity index (χ3n) is 2.54. The molecule has 2 heterocycles. The largest absolute Gasteiger partial charge is 0.461 e. The maximum absolute atomic E-state index is 11.4. The van der Waals surface area contributed by atoms with Crippen LogP contribution in [-0.4, -0.2) is 28.9 Å². The number of aromatic nitrogens is 1. The van der Waals surface area contributed by atoms with Crippen LogP contribution in [0.3, 0.4) is 0 Å². The summed E-state index contributed by atoms with van der Waals surface area (Å²) in [7, 11) is 0. The van der Waals surface area contributed by atoms with Crippen molar-refractivity contribution in [3.05, 3.63) is 18.3 Å². The molecule has 0 bridgehead atoms. The lowest BCUT2D eigenvalue weighted by molar-refractivity contribution is -0.141. The normalized spacial score (nSPS) is 23.5. The van der Waals surface area contributed by atoms with Crippen LogP contribution in [0.15, 0.2) is 23.4 Å². The van der Waals surface area contributed by atoms with Crippen molar-refractivity contribution in [2.24, 2.45) is 0 Å². The van der Waals surface area contributed by atoms with Crippen molar-refractivity contribution in [2.75, 3.05) is 11.1 Å². The minimum absolute atomic E-state index is 0.00267. The van der Waals surface area contributed by atoms with Gasteiger partial charge in [-0.3, -0.25) is 0 Å². The van der Waals surface area contributed by atoms with Gasteiger partial charge in [0.1, 0.15) is 12.1 Å². The Bertz CT molecular complexity index is 394. The number of hydrogen-bond donors (Lipinski definition) is 1. The monoisotopic (exact) mass is 252 g/mol. The Morgan fingerprint density at radius 1 is 1.59 bits per heavy atom. The lowest BCUT2D eigenvalue weighted by Gasteiger charge is -2.10. The van der Waals surface area contributed by atoms with Gasteiger partial charge in [-0.05, 0) is 24.8 Å². The number of cyclic esters (lactones) is 1. The van der Waals surface area contributed by atoms with Gasteiger partial charge in [0.25, 0.3) is 0 Å². The fourth-order valence-corrected chi connectivity index (χ4v) is 2.36. The number of hydrogen-bond acceptors (Lipinski definition) is 5. The minimum Gasteiger partial charge on any atom is -0.461 e. The number of thioether (sulfide) groups is 1. The predicted octanol–water partition coefficient (Wildman–Crippen LogP) is 2.31. The second-order valence-corrected chi connectivity index (χ2v) is 5.28. The maximum Gasteiger partial charge on any atom is 0.328 e. The van der Waals surface area contributed by atoms with E-state index in [2.05, 4.69) is 17.2 Å². The third-order valence-corrected chi connectivity index (χ3v) is 3.36. The predicted molar refractivity (Wildman–Crippen MR) is 68.2 cm³/mol. The summed E-state index contributed by atoms with van der Waals surface area (Å²) in [6.45, 7) is 3.99. The number of esters is 1. The lowest BCUT2D eigenvalue weighted by atomic mass is 10.2. The first-order chi connectivity index (χ1) is 8.19. The average Bonchev–Trinajstić information content (AvgIpc) is 2.61. The Labute approximate surface area is 105 Å². The molecule has 0 aromatic carbocycles. The van der Waals surface area contributed by atoms with Crippen molar-refractivity contribution in [1.82, 2.24) is 4.98 Å². The molecular weight excluding hydrogens is 236 g/mol. The highest BCUT2D eigenvalue weighted by atomic mass is 32.2. The minimum atomic E-state index is -0.239. The Morgan fingerprint density at radius 2 is 2.41 bits per heavy atom. The molecule has 1 fully saturated rings. The van der Waals surface area contributed by atoms with E-state index in [1.165, 1.54) is 0 Å². The molecule has 17 heavy (non-hydrogen) atoms. The second-order valence-electron chi connectivity index (χ2n) is 4.00. The average molecular weight is 252 g/mol. The van der Waals surface area contributed by atoms with E-state index in [0.29, 0.717) is 6.42 Å². The van der Waals surface area contributed by atoms with E-state index < -0.39 is 0 Å². The number of carbonyl (C=O) groups is 1. The number of anilines is 1. The summed E-state index contributed by atoms with van der Waals surface area (Å²) < 4.78 is 5.08. The zero-order valence-corrected chi connectivity index (χ0v) is 10.8. The van der Waals surface area contributed by atoms with Crippen LogP contribution in [0.4, 0.5) is 5.69 Å². The molecule has 0 aliphatic carbocycles. The quantitative estimate of drug-likeness (QED) is 0.658. The molecule has 1 aliphatic heterocycles. The van der Waals surface area contributed by atoms with Crippen molar-refractivity contribution >= 4 is 23.4 Å². The van der Waals surface area contributed by atoms with Crippen LogP contribution in [0, 0.1) is 0 Å². The number of rotatable bonds is 4. The van der Waals surface area contributed by atoms with Crippen molar-refractivity contribution in [3.8, 4) is 0 Å². The molecule has 0 radical (unpaired) electrons. The van der Waals surface area contributed by atoms with Crippen LogP contribution < -0.4 is 5.32 Å². The standard InChI is InChI=1S/C12H16N2O2S/c1-3-17-11-5-4-9(7-13-11)14-10-6-8(2)16-12(10)15/h4-5,7-8,10,14H,3,6H2,1-2H3/t8-,10+/m1/s1. The Balaban J connectivity index is 1.97. The van der Waals surface area contributed by atoms with Crippen molar-refractivity contribution < 1.29 is 9.53 Å². The Hall–Kier alpha value is -1.23.